The molecule has 4 rings (SSSR count). The number of non-ortho nitro benzene ring substituents is 1. The summed E-state index contributed by atoms with van der Waals surface area (Å²) >= 11 is 1.21. The number of aromatic nitrogens is 1. The first-order chi connectivity index (χ1) is 16.3. The maximum Gasteiger partial charge on any atom is 0.338 e. The second-order valence-electron chi connectivity index (χ2n) is 7.42. The molecule has 0 fully saturated rings. The van der Waals surface area contributed by atoms with Crippen molar-refractivity contribution in [2.45, 2.75) is 19.9 Å². The molecule has 1 aliphatic heterocycles. The van der Waals surface area contributed by atoms with Gasteiger partial charge in [0, 0.05) is 12.1 Å². The second kappa shape index (κ2) is 9.44. The smallest absolute Gasteiger partial charge is 0.338 e. The van der Waals surface area contributed by atoms with Gasteiger partial charge >= 0.3 is 5.97 Å². The molecule has 1 aliphatic rings. The van der Waals surface area contributed by atoms with Crippen LogP contribution in [0.15, 0.2) is 69.6 Å². The molecule has 0 N–H and O–H groups in total. The van der Waals surface area contributed by atoms with E-state index in [9.17, 15) is 19.7 Å². The Morgan fingerprint density at radius 3 is 2.47 bits per heavy atom. The summed E-state index contributed by atoms with van der Waals surface area (Å²) in [6.45, 7) is 3.54. The van der Waals surface area contributed by atoms with Crippen LogP contribution < -0.4 is 19.6 Å². The molecular weight excluding hydrogens is 458 g/mol. The van der Waals surface area contributed by atoms with E-state index in [1.165, 1.54) is 28.0 Å². The Balaban J connectivity index is 1.91. The van der Waals surface area contributed by atoms with Gasteiger partial charge in [-0.2, -0.15) is 0 Å². The van der Waals surface area contributed by atoms with Crippen molar-refractivity contribution in [1.29, 1.82) is 0 Å². The number of hydrogen-bond acceptors (Lipinski definition) is 8. The van der Waals surface area contributed by atoms with Crippen LogP contribution in [-0.4, -0.2) is 29.2 Å². The third-order valence-corrected chi connectivity index (χ3v) is 6.33. The van der Waals surface area contributed by atoms with Crippen molar-refractivity contribution in [1.82, 2.24) is 4.57 Å². The third kappa shape index (κ3) is 4.27. The molecule has 0 aliphatic carbocycles. The zero-order valence-electron chi connectivity index (χ0n) is 18.7. The molecule has 34 heavy (non-hydrogen) atoms. The number of nitro benzene ring substituents is 1. The van der Waals surface area contributed by atoms with Crippen molar-refractivity contribution in [3.63, 3.8) is 0 Å². The lowest BCUT2D eigenvalue weighted by Gasteiger charge is -2.24. The summed E-state index contributed by atoms with van der Waals surface area (Å²) in [6, 6.07) is 12.2. The summed E-state index contributed by atoms with van der Waals surface area (Å²) in [4.78, 5) is 41.9. The van der Waals surface area contributed by atoms with Crippen molar-refractivity contribution >= 4 is 29.1 Å². The fraction of sp³-hybridized carbons (Fsp3) is 0.208. The number of esters is 1. The first-order valence-electron chi connectivity index (χ1n) is 10.4. The highest BCUT2D eigenvalue weighted by atomic mass is 32.1. The fourth-order valence-electron chi connectivity index (χ4n) is 3.74. The van der Waals surface area contributed by atoms with Crippen molar-refractivity contribution < 1.29 is 19.2 Å². The molecule has 174 valence electrons. The van der Waals surface area contributed by atoms with E-state index < -0.39 is 16.9 Å². The maximum atomic E-state index is 13.5. The van der Waals surface area contributed by atoms with E-state index in [1.54, 1.807) is 51.3 Å². The van der Waals surface area contributed by atoms with Gasteiger partial charge in [0.2, 0.25) is 0 Å². The van der Waals surface area contributed by atoms with Crippen molar-refractivity contribution in [2.24, 2.45) is 4.99 Å². The van der Waals surface area contributed by atoms with Gasteiger partial charge in [-0.05, 0) is 55.3 Å². The largest absolute Gasteiger partial charge is 0.497 e. The molecule has 1 atom stereocenters. The van der Waals surface area contributed by atoms with Crippen LogP contribution in [0.3, 0.4) is 0 Å². The minimum absolute atomic E-state index is 0.0888. The van der Waals surface area contributed by atoms with E-state index in [0.717, 1.165) is 5.56 Å². The standard InChI is InChI=1S/C24H21N3O6S/c1-4-33-23(29)20-14(2)25-24-26(21(20)16-7-9-17(10-8-16)27(30)31)22(28)19(34-24)13-15-5-11-18(32-3)12-6-15/h5-13,21H,4H2,1-3H3. The van der Waals surface area contributed by atoms with E-state index >= 15 is 0 Å². The number of rotatable bonds is 6. The van der Waals surface area contributed by atoms with E-state index in [-0.39, 0.29) is 23.4 Å². The number of benzene rings is 2. The molecule has 2 aromatic carbocycles. The molecule has 1 aromatic heterocycles. The van der Waals surface area contributed by atoms with Gasteiger partial charge in [0.25, 0.3) is 11.2 Å². The first-order valence-corrected chi connectivity index (χ1v) is 11.2. The quantitative estimate of drug-likeness (QED) is 0.305. The molecule has 3 aromatic rings. The lowest BCUT2D eigenvalue weighted by Crippen LogP contribution is -2.39. The van der Waals surface area contributed by atoms with E-state index in [2.05, 4.69) is 4.99 Å². The number of nitro groups is 1. The molecule has 9 nitrogen and oxygen atoms in total. The molecule has 1 unspecified atom stereocenters. The lowest BCUT2D eigenvalue weighted by molar-refractivity contribution is -0.384. The number of allylic oxidation sites excluding steroid dienone is 1. The summed E-state index contributed by atoms with van der Waals surface area (Å²) in [5, 5.41) is 11.1. The zero-order chi connectivity index (χ0) is 24.4. The van der Waals surface area contributed by atoms with Gasteiger partial charge in [-0.3, -0.25) is 19.5 Å². The number of carbonyl (C=O) groups is 1. The number of ether oxygens (including phenoxy) is 2. The summed E-state index contributed by atoms with van der Waals surface area (Å²) in [6.07, 6.45) is 1.75. The first kappa shape index (κ1) is 23.1. The van der Waals surface area contributed by atoms with Gasteiger partial charge in [-0.25, -0.2) is 9.79 Å². The van der Waals surface area contributed by atoms with Crippen LogP contribution in [-0.2, 0) is 9.53 Å². The molecule has 0 saturated heterocycles. The maximum absolute atomic E-state index is 13.5. The van der Waals surface area contributed by atoms with Gasteiger partial charge in [-0.1, -0.05) is 23.5 Å². The van der Waals surface area contributed by atoms with Crippen molar-refractivity contribution in [2.75, 3.05) is 13.7 Å². The van der Waals surface area contributed by atoms with Crippen molar-refractivity contribution in [3.8, 4) is 5.75 Å². The fourth-order valence-corrected chi connectivity index (χ4v) is 4.78. The molecule has 0 radical (unpaired) electrons. The van der Waals surface area contributed by atoms with E-state index in [1.807, 2.05) is 12.1 Å². The minimum Gasteiger partial charge on any atom is -0.497 e. The zero-order valence-corrected chi connectivity index (χ0v) is 19.5. The Labute approximate surface area is 198 Å². The number of nitrogens with zero attached hydrogens (tertiary/aromatic N) is 3. The van der Waals surface area contributed by atoms with Crippen LogP contribution in [0.2, 0.25) is 0 Å². The number of methoxy groups -OCH3 is 1. The molecule has 2 heterocycles. The summed E-state index contributed by atoms with van der Waals surface area (Å²) < 4.78 is 12.3. The van der Waals surface area contributed by atoms with E-state index in [4.69, 9.17) is 9.47 Å². The highest BCUT2D eigenvalue weighted by Gasteiger charge is 2.33. The topological polar surface area (TPSA) is 113 Å². The Morgan fingerprint density at radius 1 is 1.21 bits per heavy atom. The Morgan fingerprint density at radius 2 is 1.88 bits per heavy atom. The Hall–Kier alpha value is -4.05. The number of thiazole rings is 1. The predicted molar refractivity (Wildman–Crippen MR) is 126 cm³/mol. The van der Waals surface area contributed by atoms with Crippen LogP contribution in [0.25, 0.3) is 6.08 Å². The monoisotopic (exact) mass is 479 g/mol. The van der Waals surface area contributed by atoms with Crippen LogP contribution in [0, 0.1) is 10.1 Å². The van der Waals surface area contributed by atoms with Gasteiger partial charge in [-0.15, -0.1) is 0 Å². The molecule has 0 spiro atoms. The molecule has 10 heteroatoms. The normalized spacial score (nSPS) is 15.5. The molecular formula is C24H21N3O6S. The second-order valence-corrected chi connectivity index (χ2v) is 8.43. The van der Waals surface area contributed by atoms with E-state index in [0.29, 0.717) is 26.3 Å². The van der Waals surface area contributed by atoms with Crippen LogP contribution >= 0.6 is 11.3 Å². The van der Waals surface area contributed by atoms with Crippen LogP contribution in [0.5, 0.6) is 5.75 Å². The van der Waals surface area contributed by atoms with Crippen molar-refractivity contribution in [3.05, 3.63) is 101 Å². The average Bonchev–Trinajstić information content (AvgIpc) is 3.13. The lowest BCUT2D eigenvalue weighted by atomic mass is 9.95. The molecule has 0 bridgehead atoms. The van der Waals surface area contributed by atoms with Crippen LogP contribution in [0.1, 0.15) is 31.0 Å². The summed E-state index contributed by atoms with van der Waals surface area (Å²) in [5.74, 6) is 0.114. The SMILES string of the molecule is CCOC(=O)C1=C(C)N=c2sc(=Cc3ccc(OC)cc3)c(=O)n2C1c1ccc([N+](=O)[O-])cc1. The number of fused-ring (bicyclic) bond motifs is 1. The average molecular weight is 480 g/mol. The van der Waals surface area contributed by atoms with Gasteiger partial charge in [0.15, 0.2) is 4.80 Å². The van der Waals surface area contributed by atoms with Gasteiger partial charge < -0.3 is 9.47 Å². The molecule has 0 amide bonds. The van der Waals surface area contributed by atoms with Gasteiger partial charge in [0.05, 0.1) is 40.5 Å². The predicted octanol–water partition coefficient (Wildman–Crippen LogP) is 2.72. The van der Waals surface area contributed by atoms with Gasteiger partial charge in [0.1, 0.15) is 5.75 Å². The number of hydrogen-bond donors (Lipinski definition) is 0. The Bertz CT molecular complexity index is 1470. The number of carbonyl (C=O) groups excluding carboxylic acids is 1. The third-order valence-electron chi connectivity index (χ3n) is 5.35. The minimum atomic E-state index is -0.825. The van der Waals surface area contributed by atoms with Crippen LogP contribution in [0.4, 0.5) is 5.69 Å². The summed E-state index contributed by atoms with van der Waals surface area (Å²) in [7, 11) is 1.58. The summed E-state index contributed by atoms with van der Waals surface area (Å²) in [5.41, 5.74) is 1.59. The highest BCUT2D eigenvalue weighted by molar-refractivity contribution is 7.07. The highest BCUT2D eigenvalue weighted by Crippen LogP contribution is 2.31. The molecule has 0 saturated carbocycles. The Kier molecular flexibility index (Phi) is 6.42.